The summed E-state index contributed by atoms with van der Waals surface area (Å²) in [6, 6.07) is 4.85. The second-order valence-electron chi connectivity index (χ2n) is 3.61. The van der Waals surface area contributed by atoms with Gasteiger partial charge in [0, 0.05) is 24.4 Å². The van der Waals surface area contributed by atoms with Crippen LogP contribution < -0.4 is 16.0 Å². The van der Waals surface area contributed by atoms with E-state index in [4.69, 9.17) is 10.6 Å². The number of nitrogens with two attached hydrogens (primary N) is 1. The number of nitrogens with zero attached hydrogens (tertiary/aromatic N) is 2. The van der Waals surface area contributed by atoms with Crippen molar-refractivity contribution in [2.24, 2.45) is 5.84 Å². The third-order valence-electron chi connectivity index (χ3n) is 2.31. The van der Waals surface area contributed by atoms with E-state index in [9.17, 15) is 14.5 Å². The van der Waals surface area contributed by atoms with Crippen molar-refractivity contribution in [3.05, 3.63) is 50.9 Å². The molecule has 9 heteroatoms. The molecule has 1 aromatic heterocycles. The van der Waals surface area contributed by atoms with Gasteiger partial charge in [0.05, 0.1) is 9.40 Å². The molecular formula is C11H8BrFN4O3. The zero-order valence-corrected chi connectivity index (χ0v) is 11.4. The van der Waals surface area contributed by atoms with Crippen LogP contribution in [0.5, 0.6) is 11.5 Å². The van der Waals surface area contributed by atoms with Crippen molar-refractivity contribution in [1.29, 1.82) is 0 Å². The molecule has 0 aliphatic carbocycles. The molecule has 0 atom stereocenters. The van der Waals surface area contributed by atoms with Crippen LogP contribution in [0, 0.1) is 15.9 Å². The van der Waals surface area contributed by atoms with Crippen LogP contribution in [0.1, 0.15) is 0 Å². The first-order valence-electron chi connectivity index (χ1n) is 5.25. The lowest BCUT2D eigenvalue weighted by Crippen LogP contribution is -2.08. The first-order valence-corrected chi connectivity index (χ1v) is 6.04. The Kier molecular flexibility index (Phi) is 4.11. The van der Waals surface area contributed by atoms with E-state index >= 15 is 0 Å². The van der Waals surface area contributed by atoms with Gasteiger partial charge in [-0.05, 0) is 22.0 Å². The molecule has 7 nitrogen and oxygen atoms in total. The van der Waals surface area contributed by atoms with E-state index in [1.807, 2.05) is 0 Å². The number of benzene rings is 1. The van der Waals surface area contributed by atoms with Crippen LogP contribution in [0.15, 0.2) is 34.9 Å². The molecule has 0 saturated carbocycles. The van der Waals surface area contributed by atoms with E-state index in [2.05, 4.69) is 26.3 Å². The molecule has 1 aromatic carbocycles. The number of halogens is 2. The summed E-state index contributed by atoms with van der Waals surface area (Å²) in [6.45, 7) is 0. The van der Waals surface area contributed by atoms with Gasteiger partial charge in [0.1, 0.15) is 17.4 Å². The molecule has 2 aromatic rings. The fraction of sp³-hybridized carbons (Fsp3) is 0. The number of hydrogen-bond donors (Lipinski definition) is 2. The number of hydrazine groups is 1. The molecule has 0 radical (unpaired) electrons. The van der Waals surface area contributed by atoms with E-state index < -0.39 is 10.7 Å². The number of nitro groups is 1. The largest absolute Gasteiger partial charge is 0.450 e. The third kappa shape index (κ3) is 3.00. The smallest absolute Gasteiger partial charge is 0.312 e. The molecule has 0 amide bonds. The van der Waals surface area contributed by atoms with Gasteiger partial charge in [0.2, 0.25) is 5.75 Å². The molecule has 0 aliphatic heterocycles. The van der Waals surface area contributed by atoms with Crippen LogP contribution in [0.25, 0.3) is 0 Å². The lowest BCUT2D eigenvalue weighted by Gasteiger charge is -2.08. The number of ether oxygens (including phenoxy) is 1. The lowest BCUT2D eigenvalue weighted by molar-refractivity contribution is -0.385. The second-order valence-corrected chi connectivity index (χ2v) is 4.47. The fourth-order valence-corrected chi connectivity index (χ4v) is 1.75. The summed E-state index contributed by atoms with van der Waals surface area (Å²) < 4.78 is 18.8. The molecule has 0 fully saturated rings. The number of anilines is 1. The van der Waals surface area contributed by atoms with Crippen LogP contribution in [0.4, 0.5) is 15.9 Å². The molecule has 0 unspecified atom stereocenters. The van der Waals surface area contributed by atoms with Gasteiger partial charge < -0.3 is 10.2 Å². The van der Waals surface area contributed by atoms with Crippen molar-refractivity contribution in [2.75, 3.05) is 5.43 Å². The van der Waals surface area contributed by atoms with Crippen molar-refractivity contribution in [1.82, 2.24) is 4.98 Å². The van der Waals surface area contributed by atoms with Crippen LogP contribution in [-0.4, -0.2) is 9.91 Å². The summed E-state index contributed by atoms with van der Waals surface area (Å²) in [5.74, 6) is 4.85. The van der Waals surface area contributed by atoms with Gasteiger partial charge in [-0.1, -0.05) is 0 Å². The van der Waals surface area contributed by atoms with E-state index in [1.54, 1.807) is 0 Å². The molecule has 3 N–H and O–H groups in total. The number of rotatable bonds is 4. The minimum Gasteiger partial charge on any atom is -0.450 e. The summed E-state index contributed by atoms with van der Waals surface area (Å²) in [4.78, 5) is 14.1. The number of nitrogens with one attached hydrogen (secondary N) is 1. The maximum Gasteiger partial charge on any atom is 0.312 e. The van der Waals surface area contributed by atoms with E-state index in [0.717, 1.165) is 12.1 Å². The zero-order chi connectivity index (χ0) is 14.7. The van der Waals surface area contributed by atoms with Gasteiger partial charge in [-0.2, -0.15) is 0 Å². The monoisotopic (exact) mass is 342 g/mol. The quantitative estimate of drug-likeness (QED) is 0.503. The third-order valence-corrected chi connectivity index (χ3v) is 2.91. The fourth-order valence-electron chi connectivity index (χ4n) is 1.42. The molecule has 104 valence electrons. The van der Waals surface area contributed by atoms with Crippen LogP contribution in [0.3, 0.4) is 0 Å². The number of aromatic nitrogens is 1. The van der Waals surface area contributed by atoms with Gasteiger partial charge in [0.15, 0.2) is 0 Å². The Bertz CT molecular complexity index is 668. The average molecular weight is 343 g/mol. The van der Waals surface area contributed by atoms with Gasteiger partial charge in [0.25, 0.3) is 0 Å². The molecule has 1 heterocycles. The van der Waals surface area contributed by atoms with Crippen molar-refractivity contribution in [2.45, 2.75) is 0 Å². The maximum absolute atomic E-state index is 13.5. The number of nitro benzene ring substituents is 1. The van der Waals surface area contributed by atoms with Gasteiger partial charge in [-0.3, -0.25) is 10.1 Å². The summed E-state index contributed by atoms with van der Waals surface area (Å²) in [5.41, 5.74) is 1.94. The van der Waals surface area contributed by atoms with Crippen molar-refractivity contribution < 1.29 is 14.1 Å². The molecule has 0 aliphatic rings. The second kappa shape index (κ2) is 5.80. The minimum absolute atomic E-state index is 0.0180. The molecule has 0 bridgehead atoms. The Labute approximate surface area is 120 Å². The highest BCUT2D eigenvalue weighted by molar-refractivity contribution is 9.10. The van der Waals surface area contributed by atoms with Gasteiger partial charge in [-0.25, -0.2) is 15.2 Å². The first kappa shape index (κ1) is 14.2. The zero-order valence-electron chi connectivity index (χ0n) is 9.84. The molecule has 20 heavy (non-hydrogen) atoms. The molecule has 2 rings (SSSR count). The topological polar surface area (TPSA) is 103 Å². The van der Waals surface area contributed by atoms with Gasteiger partial charge >= 0.3 is 5.69 Å². The van der Waals surface area contributed by atoms with E-state index in [-0.39, 0.29) is 21.7 Å². The number of hydrogen-bond acceptors (Lipinski definition) is 6. The summed E-state index contributed by atoms with van der Waals surface area (Å²) in [7, 11) is 0. The Morgan fingerprint density at radius 1 is 1.45 bits per heavy atom. The minimum atomic E-state index is -0.670. The molecule has 0 saturated heterocycles. The van der Waals surface area contributed by atoms with Crippen molar-refractivity contribution in [3.8, 4) is 11.5 Å². The van der Waals surface area contributed by atoms with Crippen molar-refractivity contribution in [3.63, 3.8) is 0 Å². The Balaban J connectivity index is 2.41. The highest BCUT2D eigenvalue weighted by atomic mass is 79.9. The molecular weight excluding hydrogens is 335 g/mol. The highest BCUT2D eigenvalue weighted by Crippen LogP contribution is 2.35. The normalized spacial score (nSPS) is 10.2. The lowest BCUT2D eigenvalue weighted by atomic mass is 10.3. The average Bonchev–Trinajstić information content (AvgIpc) is 2.42. The Morgan fingerprint density at radius 3 is 2.85 bits per heavy atom. The SMILES string of the molecule is NNc1cc(Oc2cc(F)c(Br)cc2[N+](=O)[O-])ccn1. The number of nitrogen functional groups attached to an aromatic ring is 1. The summed E-state index contributed by atoms with van der Waals surface area (Å²) >= 11 is 2.89. The highest BCUT2D eigenvalue weighted by Gasteiger charge is 2.19. The Morgan fingerprint density at radius 2 is 2.20 bits per heavy atom. The van der Waals surface area contributed by atoms with Crippen LogP contribution in [-0.2, 0) is 0 Å². The first-order chi connectivity index (χ1) is 9.51. The predicted octanol–water partition coefficient (Wildman–Crippen LogP) is 2.97. The standard InChI is InChI=1S/C11H8BrFN4O3/c12-7-4-9(17(18)19)10(5-8(7)13)20-6-1-2-15-11(3-6)16-14/h1-5H,14H2,(H,15,16). The van der Waals surface area contributed by atoms with Gasteiger partial charge in [-0.15, -0.1) is 0 Å². The molecule has 0 spiro atoms. The van der Waals surface area contributed by atoms with E-state index in [1.165, 1.54) is 18.3 Å². The van der Waals surface area contributed by atoms with Crippen LogP contribution >= 0.6 is 15.9 Å². The van der Waals surface area contributed by atoms with Crippen molar-refractivity contribution >= 4 is 27.4 Å². The summed E-state index contributed by atoms with van der Waals surface area (Å²) in [6.07, 6.45) is 1.39. The maximum atomic E-state index is 13.5. The summed E-state index contributed by atoms with van der Waals surface area (Å²) in [5, 5.41) is 10.9. The van der Waals surface area contributed by atoms with E-state index in [0.29, 0.717) is 5.82 Å². The predicted molar refractivity (Wildman–Crippen MR) is 72.9 cm³/mol. The number of pyridine rings is 1. The van der Waals surface area contributed by atoms with Crippen LogP contribution in [0.2, 0.25) is 0 Å². The Hall–Kier alpha value is -2.26.